The first-order chi connectivity index (χ1) is 17.0. The van der Waals surface area contributed by atoms with Crippen molar-refractivity contribution in [2.24, 2.45) is 23.7 Å². The second kappa shape index (κ2) is 10.6. The molecule has 6 heterocycles. The van der Waals surface area contributed by atoms with Crippen LogP contribution in [0.3, 0.4) is 0 Å². The summed E-state index contributed by atoms with van der Waals surface area (Å²) < 4.78 is 0. The molecule has 0 N–H and O–H groups in total. The summed E-state index contributed by atoms with van der Waals surface area (Å²) in [6.45, 7) is 11.1. The molecular weight excluding hydrogens is 508 g/mol. The molecule has 0 amide bonds. The molecule has 4 aliphatic heterocycles. The van der Waals surface area contributed by atoms with Crippen LogP contribution in [0.15, 0.2) is 36.7 Å². The van der Waals surface area contributed by atoms with Crippen molar-refractivity contribution in [3.63, 3.8) is 0 Å². The zero-order valence-corrected chi connectivity index (χ0v) is 25.5. The molecule has 6 unspecified atom stereocenters. The molecule has 8 atom stereocenters. The van der Waals surface area contributed by atoms with E-state index in [4.69, 9.17) is 9.97 Å². The van der Waals surface area contributed by atoms with Crippen molar-refractivity contribution in [3.8, 4) is 0 Å². The fourth-order valence-corrected chi connectivity index (χ4v) is 10.5. The van der Waals surface area contributed by atoms with Crippen LogP contribution in [-0.4, -0.2) is 43.9 Å². The Morgan fingerprint density at radius 1 is 0.684 bits per heavy atom. The zero-order chi connectivity index (χ0) is 23.9. The third-order valence-corrected chi connectivity index (χ3v) is 11.0. The fraction of sp³-hybridized carbons (Fsp3) is 0.636. The average molecular weight is 557 g/mol. The molecule has 206 valence electrons. The molecule has 2 aliphatic carbocycles. The van der Waals surface area contributed by atoms with Crippen LogP contribution in [0.1, 0.15) is 93.4 Å². The van der Waals surface area contributed by atoms with Gasteiger partial charge in [0.25, 0.3) is 0 Å². The summed E-state index contributed by atoms with van der Waals surface area (Å²) in [6, 6.07) is 10.3. The Morgan fingerprint density at radius 3 is 1.42 bits per heavy atom. The Hall–Kier alpha value is -1.26. The third-order valence-electron chi connectivity index (χ3n) is 11.0. The van der Waals surface area contributed by atoms with Gasteiger partial charge in [0.05, 0.1) is 23.5 Å². The van der Waals surface area contributed by atoms with Gasteiger partial charge in [-0.15, -0.1) is 0 Å². The quantitative estimate of drug-likeness (QED) is 0.290. The van der Waals surface area contributed by atoms with Gasteiger partial charge in [0.15, 0.2) is 0 Å². The third kappa shape index (κ3) is 3.54. The van der Waals surface area contributed by atoms with Crippen molar-refractivity contribution >= 4 is 0 Å². The number of aryl methyl sites for hydroxylation is 2. The Morgan fingerprint density at radius 2 is 1.08 bits per heavy atom. The molecule has 0 radical (unpaired) electrons. The second-order valence-corrected chi connectivity index (χ2v) is 12.6. The van der Waals surface area contributed by atoms with Crippen LogP contribution in [-0.2, 0) is 17.1 Å². The van der Waals surface area contributed by atoms with E-state index in [0.29, 0.717) is 23.2 Å². The number of rotatable bonds is 2. The van der Waals surface area contributed by atoms with E-state index in [0.717, 1.165) is 23.7 Å². The number of hydrogen-bond donors (Lipinski definition) is 0. The second-order valence-electron chi connectivity index (χ2n) is 12.6. The zero-order valence-electron chi connectivity index (χ0n) is 24.4. The number of hydrogen-bond acceptors (Lipinski definition) is 4. The summed E-state index contributed by atoms with van der Waals surface area (Å²) in [7, 11) is 0. The maximum Gasteiger partial charge on any atom is 4.00 e. The van der Waals surface area contributed by atoms with E-state index in [2.05, 4.69) is 74.2 Å². The standard InChI is InChI=1S/C28H34N4.C3H8.2CH3.Fe/c1-17-3-5-23(29-15-17)25-13-21-11-20-8-10-32-26(24-6-4-18(2)16-30-24)14-22-12-19-7-9-31(25)27(19,21)28(20,22)32;1-3-2;;;/h3-6,15-16,19-22,25-26H,7-14H2,1-2H3;3H2,1-2H3;2*1H3;/q;;2*-1;+4/t19?,20?,21?,22?,25?,26?,27-,28-;;;;/m0..../s1. The Bertz CT molecular complexity index is 1020. The van der Waals surface area contributed by atoms with E-state index in [9.17, 15) is 0 Å². The Balaban J connectivity index is 0.000000538. The van der Waals surface area contributed by atoms with Crippen molar-refractivity contribution in [1.29, 1.82) is 0 Å². The molecule has 4 saturated heterocycles. The van der Waals surface area contributed by atoms with Gasteiger partial charge in [0.1, 0.15) is 0 Å². The molecule has 5 heteroatoms. The van der Waals surface area contributed by atoms with Crippen molar-refractivity contribution < 1.29 is 17.1 Å². The van der Waals surface area contributed by atoms with Gasteiger partial charge in [-0.2, -0.15) is 0 Å². The van der Waals surface area contributed by atoms with E-state index < -0.39 is 0 Å². The summed E-state index contributed by atoms with van der Waals surface area (Å²) in [5.74, 6) is 3.49. The van der Waals surface area contributed by atoms with Crippen LogP contribution in [0, 0.1) is 52.4 Å². The van der Waals surface area contributed by atoms with Crippen LogP contribution >= 0.6 is 0 Å². The first-order valence-electron chi connectivity index (χ1n) is 14.4. The largest absolute Gasteiger partial charge is 4.00 e. The summed E-state index contributed by atoms with van der Waals surface area (Å²) in [6.07, 6.45) is 13.8. The van der Waals surface area contributed by atoms with E-state index in [-0.39, 0.29) is 31.9 Å². The van der Waals surface area contributed by atoms with Crippen LogP contribution < -0.4 is 0 Å². The predicted octanol–water partition coefficient (Wildman–Crippen LogP) is 7.16. The summed E-state index contributed by atoms with van der Waals surface area (Å²) in [4.78, 5) is 16.0. The smallest absolute Gasteiger partial charge is 0.358 e. The van der Waals surface area contributed by atoms with Crippen LogP contribution in [0.2, 0.25) is 0 Å². The summed E-state index contributed by atoms with van der Waals surface area (Å²) in [5, 5.41) is 0. The summed E-state index contributed by atoms with van der Waals surface area (Å²) in [5.41, 5.74) is 6.00. The Kier molecular flexibility index (Phi) is 8.30. The normalized spacial score (nSPS) is 39.3. The Labute approximate surface area is 242 Å². The van der Waals surface area contributed by atoms with Crippen molar-refractivity contribution in [1.82, 2.24) is 19.8 Å². The van der Waals surface area contributed by atoms with Crippen molar-refractivity contribution in [2.45, 2.75) is 95.8 Å². The minimum absolute atomic E-state index is 0. The minimum atomic E-state index is 0. The van der Waals surface area contributed by atoms with Crippen LogP contribution in [0.4, 0.5) is 0 Å². The number of aromatic nitrogens is 2. The van der Waals surface area contributed by atoms with Crippen molar-refractivity contribution in [2.75, 3.05) is 13.1 Å². The summed E-state index contributed by atoms with van der Waals surface area (Å²) >= 11 is 0. The number of nitrogens with zero attached hydrogens (tertiary/aromatic N) is 4. The van der Waals surface area contributed by atoms with Gasteiger partial charge in [-0.25, -0.2) is 0 Å². The first kappa shape index (κ1) is 29.7. The molecule has 4 nitrogen and oxygen atoms in total. The number of pyridine rings is 2. The van der Waals surface area contributed by atoms with E-state index in [1.807, 2.05) is 0 Å². The SMILES string of the molecule is CCC.Cc1ccc(C2CC3CC4CCN5C(c6ccc(C)cn6)CC6CC7CCN2[C@@]73[C@]465)nc1.[CH3-].[CH3-].[Fe+4]. The minimum Gasteiger partial charge on any atom is -0.358 e. The van der Waals surface area contributed by atoms with E-state index in [1.165, 1.54) is 80.6 Å². The topological polar surface area (TPSA) is 32.3 Å². The molecule has 6 fully saturated rings. The molecule has 2 aromatic rings. The molecule has 2 aromatic heterocycles. The van der Waals surface area contributed by atoms with Gasteiger partial charge in [-0.1, -0.05) is 32.4 Å². The molecule has 38 heavy (non-hydrogen) atoms. The van der Waals surface area contributed by atoms with E-state index >= 15 is 0 Å². The molecule has 6 aliphatic rings. The van der Waals surface area contributed by atoms with Gasteiger partial charge in [-0.3, -0.25) is 19.8 Å². The van der Waals surface area contributed by atoms with Crippen LogP contribution in [0.5, 0.6) is 0 Å². The maximum absolute atomic E-state index is 4.96. The van der Waals surface area contributed by atoms with Gasteiger partial charge in [-0.05, 0) is 112 Å². The predicted molar refractivity (Wildman–Crippen MR) is 153 cm³/mol. The van der Waals surface area contributed by atoms with Crippen LogP contribution in [0.25, 0.3) is 0 Å². The van der Waals surface area contributed by atoms with Gasteiger partial charge in [0, 0.05) is 23.5 Å². The molecule has 0 aromatic carbocycles. The van der Waals surface area contributed by atoms with Crippen molar-refractivity contribution in [3.05, 3.63) is 74.0 Å². The fourth-order valence-electron chi connectivity index (χ4n) is 10.5. The van der Waals surface area contributed by atoms with Gasteiger partial charge in [0.2, 0.25) is 0 Å². The average Bonchev–Trinajstić information content (AvgIpc) is 3.62. The molecule has 0 bridgehead atoms. The first-order valence-corrected chi connectivity index (χ1v) is 14.4. The molecule has 2 spiro atoms. The van der Waals surface area contributed by atoms with Gasteiger partial charge < -0.3 is 14.9 Å². The monoisotopic (exact) mass is 556 g/mol. The molecule has 2 saturated carbocycles. The van der Waals surface area contributed by atoms with Gasteiger partial charge >= 0.3 is 17.1 Å². The molecule has 8 rings (SSSR count). The maximum atomic E-state index is 4.96. The van der Waals surface area contributed by atoms with E-state index in [1.54, 1.807) is 0 Å². The molecular formula is C33H48FeN4+2.